The van der Waals surface area contributed by atoms with Crippen LogP contribution < -0.4 is 11.5 Å². The highest BCUT2D eigenvalue weighted by molar-refractivity contribution is 7.86. The van der Waals surface area contributed by atoms with Crippen molar-refractivity contribution in [1.29, 1.82) is 11.0 Å². The molecule has 0 bridgehead atoms. The highest BCUT2D eigenvalue weighted by Crippen LogP contribution is 2.52. The van der Waals surface area contributed by atoms with E-state index in [0.29, 0.717) is 21.9 Å². The van der Waals surface area contributed by atoms with Crippen molar-refractivity contribution in [3.63, 3.8) is 0 Å². The second-order valence-electron chi connectivity index (χ2n) is 10.8. The average Bonchev–Trinajstić information content (AvgIpc) is 3.06. The number of rotatable bonds is 7. The molecule has 18 heteroatoms. The van der Waals surface area contributed by atoms with Crippen LogP contribution in [0.4, 0.5) is 22.7 Å². The van der Waals surface area contributed by atoms with Crippen LogP contribution in [0.2, 0.25) is 22.9 Å². The molecule has 0 saturated carbocycles. The fourth-order valence-electron chi connectivity index (χ4n) is 6.01. The smallest absolute Gasteiger partial charge is 0.297 e. The standard InChI is InChI=1S/C32H20Cl4N6O6S2/c33-19-9-13(10-20(34)25(19)23-15-5-1-3-7-17(15)27(37)29(41-39)31(23)49(43,44)45)14-11-21(35)26(22(36)12-14)24-16-6-2-4-8-18(16)28(38)30(42-40)32(24)50(46,47)48/h1-12,39-40H,37-38H2,(H,43,44,45)(H,46,47,48)/b41-39+,42-40+. The minimum Gasteiger partial charge on any atom is -0.396 e. The van der Waals surface area contributed by atoms with Gasteiger partial charge in [-0.05, 0) is 46.2 Å². The summed E-state index contributed by atoms with van der Waals surface area (Å²) in [6.07, 6.45) is 0. The number of anilines is 2. The summed E-state index contributed by atoms with van der Waals surface area (Å²) in [6.45, 7) is 0. The van der Waals surface area contributed by atoms with Crippen molar-refractivity contribution in [2.24, 2.45) is 10.2 Å². The Kier molecular flexibility index (Phi) is 8.36. The largest absolute Gasteiger partial charge is 0.396 e. The van der Waals surface area contributed by atoms with Crippen LogP contribution in [0.1, 0.15) is 0 Å². The predicted molar refractivity (Wildman–Crippen MR) is 196 cm³/mol. The lowest BCUT2D eigenvalue weighted by Crippen LogP contribution is -2.06. The Hall–Kier alpha value is -4.38. The van der Waals surface area contributed by atoms with E-state index in [1.54, 1.807) is 36.4 Å². The van der Waals surface area contributed by atoms with E-state index >= 15 is 0 Å². The van der Waals surface area contributed by atoms with Gasteiger partial charge in [-0.25, -0.2) is 11.0 Å². The maximum absolute atomic E-state index is 12.8. The number of hydrogen-bond donors (Lipinski definition) is 6. The van der Waals surface area contributed by atoms with Crippen LogP contribution in [-0.4, -0.2) is 25.9 Å². The molecule has 0 spiro atoms. The van der Waals surface area contributed by atoms with Crippen molar-refractivity contribution in [2.75, 3.05) is 11.5 Å². The lowest BCUT2D eigenvalue weighted by atomic mass is 9.92. The summed E-state index contributed by atoms with van der Waals surface area (Å²) >= 11 is 27.3. The first-order chi connectivity index (χ1) is 24.5. The van der Waals surface area contributed by atoms with Gasteiger partial charge in [0.15, 0.2) is 0 Å². The Labute approximate surface area is 307 Å². The van der Waals surface area contributed by atoms with Crippen LogP contribution in [0.5, 0.6) is 0 Å². The quantitative estimate of drug-likeness (QED) is 0.0516. The van der Waals surface area contributed by atoms with Crippen LogP contribution in [0, 0.1) is 11.0 Å². The monoisotopic (exact) mass is 788 g/mol. The first kappa shape index (κ1) is 32.8. The van der Waals surface area contributed by atoms with Crippen molar-refractivity contribution in [3.05, 3.63) is 92.9 Å². The first-order valence-corrected chi connectivity index (χ1v) is 18.2. The summed E-state index contributed by atoms with van der Waals surface area (Å²) < 4.78 is 86.6. The van der Waals surface area contributed by atoms with E-state index in [0.717, 1.165) is 0 Å². The lowest BCUT2D eigenvalue weighted by Gasteiger charge is -2.20. The molecule has 254 valence electrons. The normalized spacial score (nSPS) is 13.1. The molecule has 50 heavy (non-hydrogen) atoms. The third-order valence-corrected chi connectivity index (χ3v) is 11.0. The number of fused-ring (bicyclic) bond motifs is 2. The molecule has 6 rings (SSSR count). The van der Waals surface area contributed by atoms with Gasteiger partial charge in [0.05, 0.1) is 31.5 Å². The van der Waals surface area contributed by atoms with Gasteiger partial charge >= 0.3 is 0 Å². The highest BCUT2D eigenvalue weighted by atomic mass is 35.5. The molecule has 0 aromatic heterocycles. The maximum Gasteiger partial charge on any atom is 0.297 e. The van der Waals surface area contributed by atoms with Crippen molar-refractivity contribution in [3.8, 4) is 33.4 Å². The highest BCUT2D eigenvalue weighted by Gasteiger charge is 2.32. The molecule has 0 aliphatic rings. The number of nitrogens with one attached hydrogen (secondary N) is 2. The van der Waals surface area contributed by atoms with Gasteiger partial charge in [-0.15, -0.1) is 0 Å². The van der Waals surface area contributed by atoms with Crippen LogP contribution in [0.3, 0.4) is 0 Å². The molecule has 0 atom stereocenters. The number of hydrogen-bond acceptors (Lipinski definition) is 10. The zero-order chi connectivity index (χ0) is 37.9. The Balaban J connectivity index is 1.63. The Morgan fingerprint density at radius 2 is 0.860 bits per heavy atom. The SMILES string of the molecule is [H]/N=N/c1c(S(=O)(=O)O)c(-c2c(Cl)cc(-c3cc(Cl)c(-c4c(S(=O)(=O)O)c(/N=N/[H])c(N)c5ccccc45)c(Cl)c3)cc2Cl)c2ccccc2c1N. The van der Waals surface area contributed by atoms with Crippen LogP contribution >= 0.6 is 46.4 Å². The van der Waals surface area contributed by atoms with E-state index in [4.69, 9.17) is 60.7 Å². The molecule has 12 nitrogen and oxygen atoms in total. The molecular formula is C32H20Cl4N6O6S2. The lowest BCUT2D eigenvalue weighted by molar-refractivity contribution is 0.481. The third kappa shape index (κ3) is 5.73. The minimum absolute atomic E-state index is 0.0339. The summed E-state index contributed by atoms with van der Waals surface area (Å²) in [5.74, 6) is 0. The van der Waals surface area contributed by atoms with E-state index in [1.807, 2.05) is 0 Å². The van der Waals surface area contributed by atoms with Gasteiger partial charge < -0.3 is 11.5 Å². The van der Waals surface area contributed by atoms with Crippen molar-refractivity contribution in [2.45, 2.75) is 9.79 Å². The van der Waals surface area contributed by atoms with Crippen LogP contribution in [-0.2, 0) is 20.2 Å². The summed E-state index contributed by atoms with van der Waals surface area (Å²) in [4.78, 5) is -1.55. The number of nitrogens with two attached hydrogens (primary N) is 2. The fourth-order valence-corrected chi connectivity index (χ4v) is 9.09. The Morgan fingerprint density at radius 3 is 1.14 bits per heavy atom. The average molecular weight is 790 g/mol. The molecular weight excluding hydrogens is 770 g/mol. The zero-order valence-electron chi connectivity index (χ0n) is 26.7. The van der Waals surface area contributed by atoms with Gasteiger partial charge in [-0.3, -0.25) is 9.11 Å². The van der Waals surface area contributed by atoms with Crippen molar-refractivity contribution < 1.29 is 28.8 Å². The van der Waals surface area contributed by atoms with Crippen molar-refractivity contribution in [1.82, 2.24) is 0 Å². The van der Waals surface area contributed by atoms with E-state index < -0.39 is 41.4 Å². The molecule has 0 unspecified atom stereocenters. The predicted octanol–water partition coefficient (Wildman–Crippen LogP) is 10.6. The molecule has 0 aliphatic carbocycles. The summed E-state index contributed by atoms with van der Waals surface area (Å²) in [7, 11) is -10.2. The van der Waals surface area contributed by atoms with E-state index in [-0.39, 0.29) is 64.5 Å². The topological polar surface area (TPSA) is 233 Å². The first-order valence-electron chi connectivity index (χ1n) is 14.7. The molecule has 6 aromatic rings. The molecule has 0 saturated heterocycles. The molecule has 6 aromatic carbocycles. The molecule has 0 amide bonds. The maximum atomic E-state index is 12.8. The summed E-state index contributed by atoms with van der Waals surface area (Å²) in [6, 6.07) is 18.4. The fraction of sp³-hybridized carbons (Fsp3) is 0. The minimum atomic E-state index is -5.09. The number of nitrogens with zero attached hydrogens (tertiary/aromatic N) is 2. The van der Waals surface area contributed by atoms with Crippen LogP contribution in [0.15, 0.2) is 92.8 Å². The molecule has 0 aliphatic heterocycles. The third-order valence-electron chi connectivity index (χ3n) is 8.00. The van der Waals surface area contributed by atoms with Gasteiger partial charge in [0.1, 0.15) is 21.2 Å². The number of nitrogen functional groups attached to an aromatic ring is 2. The van der Waals surface area contributed by atoms with Gasteiger partial charge in [-0.2, -0.15) is 27.1 Å². The zero-order valence-corrected chi connectivity index (χ0v) is 29.4. The van der Waals surface area contributed by atoms with E-state index in [1.165, 1.54) is 36.4 Å². The van der Waals surface area contributed by atoms with Crippen molar-refractivity contribution >= 4 is 111 Å². The van der Waals surface area contributed by atoms with Gasteiger partial charge in [-0.1, -0.05) is 94.9 Å². The molecule has 0 radical (unpaired) electrons. The van der Waals surface area contributed by atoms with E-state index in [9.17, 15) is 25.9 Å². The van der Waals surface area contributed by atoms with Gasteiger partial charge in [0.25, 0.3) is 20.2 Å². The summed E-state index contributed by atoms with van der Waals surface area (Å²) in [5, 5.41) is 7.84. The second-order valence-corrected chi connectivity index (χ2v) is 15.1. The second kappa shape index (κ2) is 12.7. The Bertz CT molecular complexity index is 2570. The van der Waals surface area contributed by atoms with Crippen LogP contribution in [0.25, 0.3) is 54.9 Å². The van der Waals surface area contributed by atoms with Gasteiger partial charge in [0, 0.05) is 33.0 Å². The van der Waals surface area contributed by atoms with Gasteiger partial charge in [0.2, 0.25) is 2.82 Å². The van der Waals surface area contributed by atoms with E-state index in [2.05, 4.69) is 21.3 Å². The number of benzene rings is 6. The Morgan fingerprint density at radius 1 is 0.560 bits per heavy atom. The molecule has 0 heterocycles. The molecule has 8 N–H and O–H groups in total. The number of halogens is 4. The molecule has 0 fully saturated rings. The summed E-state index contributed by atoms with van der Waals surface area (Å²) in [5.41, 5.74) is 17.2.